The molecule has 2 N–H and O–H groups in total. The maximum atomic E-state index is 14.4. The van der Waals surface area contributed by atoms with Crippen LogP contribution in [-0.4, -0.2) is 34.1 Å². The van der Waals surface area contributed by atoms with Gasteiger partial charge in [-0.2, -0.15) is 5.26 Å². The van der Waals surface area contributed by atoms with Crippen molar-refractivity contribution in [3.63, 3.8) is 0 Å². The highest BCUT2D eigenvalue weighted by Crippen LogP contribution is 2.39. The molecule has 2 aliphatic rings. The van der Waals surface area contributed by atoms with Gasteiger partial charge >= 0.3 is 0 Å². The second kappa shape index (κ2) is 12.1. The molecule has 0 saturated heterocycles. The van der Waals surface area contributed by atoms with Gasteiger partial charge in [0.1, 0.15) is 12.1 Å². The molecule has 4 unspecified atom stereocenters. The molecule has 0 radical (unpaired) electrons. The van der Waals surface area contributed by atoms with E-state index in [1.807, 2.05) is 36.4 Å². The maximum Gasteiger partial charge on any atom is 0.248 e. The van der Waals surface area contributed by atoms with Gasteiger partial charge in [0.05, 0.1) is 6.07 Å². The summed E-state index contributed by atoms with van der Waals surface area (Å²) in [5.74, 6) is -1.47. The van der Waals surface area contributed by atoms with Gasteiger partial charge in [-0.1, -0.05) is 64.7 Å². The minimum atomic E-state index is -1.22. The lowest BCUT2D eigenvalue weighted by atomic mass is 9.86. The van der Waals surface area contributed by atoms with Crippen molar-refractivity contribution in [3.05, 3.63) is 59.9 Å². The van der Waals surface area contributed by atoms with Crippen molar-refractivity contribution in [1.29, 1.82) is 5.26 Å². The van der Waals surface area contributed by atoms with Crippen molar-refractivity contribution in [2.24, 2.45) is 11.8 Å². The van der Waals surface area contributed by atoms with Gasteiger partial charge in [0.25, 0.3) is 0 Å². The summed E-state index contributed by atoms with van der Waals surface area (Å²) in [4.78, 5) is 34.2. The second-order valence-electron chi connectivity index (χ2n) is 11.8. The summed E-state index contributed by atoms with van der Waals surface area (Å²) in [6.45, 7) is 6.40. The molecule has 2 aliphatic carbocycles. The Kier molecular flexibility index (Phi) is 8.83. The zero-order valence-electron chi connectivity index (χ0n) is 22.8. The number of nitrogens with zero attached hydrogens (tertiary/aromatic N) is 3. The number of hydrogen-bond donors (Lipinski definition) is 2. The Labute approximate surface area is 226 Å². The number of anilines is 1. The number of aromatic nitrogens is 1. The van der Waals surface area contributed by atoms with Gasteiger partial charge in [-0.15, -0.1) is 0 Å². The summed E-state index contributed by atoms with van der Waals surface area (Å²) < 4.78 is 0. The number of carbonyl (C=O) groups is 2. The SMILES string of the molecule is CC(C)(C)c1ccc(N(C(=O)C2CCCC2C(O)C#N)C(C(=O)NC2CCCCC2)c2cccnc2)cc1. The molecule has 2 saturated carbocycles. The Hall–Kier alpha value is -3.24. The van der Waals surface area contributed by atoms with Crippen molar-refractivity contribution in [1.82, 2.24) is 10.3 Å². The van der Waals surface area contributed by atoms with Crippen LogP contribution < -0.4 is 10.2 Å². The third-order valence-electron chi connectivity index (χ3n) is 8.13. The van der Waals surface area contributed by atoms with E-state index >= 15 is 0 Å². The largest absolute Gasteiger partial charge is 0.378 e. The molecule has 7 heteroatoms. The first-order valence-corrected chi connectivity index (χ1v) is 13.9. The van der Waals surface area contributed by atoms with Crippen LogP contribution in [0.5, 0.6) is 0 Å². The molecule has 202 valence electrons. The maximum absolute atomic E-state index is 14.4. The van der Waals surface area contributed by atoms with E-state index in [0.29, 0.717) is 24.1 Å². The van der Waals surface area contributed by atoms with Crippen molar-refractivity contribution >= 4 is 17.5 Å². The molecule has 1 heterocycles. The van der Waals surface area contributed by atoms with E-state index < -0.39 is 24.0 Å². The molecule has 0 aliphatic heterocycles. The number of aliphatic hydroxyl groups is 1. The van der Waals surface area contributed by atoms with Crippen LogP contribution >= 0.6 is 0 Å². The Bertz CT molecular complexity index is 1130. The zero-order valence-corrected chi connectivity index (χ0v) is 22.8. The smallest absolute Gasteiger partial charge is 0.248 e. The van der Waals surface area contributed by atoms with E-state index in [1.54, 1.807) is 23.4 Å². The molecule has 2 amide bonds. The van der Waals surface area contributed by atoms with Gasteiger partial charge in [-0.05, 0) is 54.9 Å². The number of aliphatic hydroxyl groups excluding tert-OH is 1. The Balaban J connectivity index is 1.78. The third-order valence-corrected chi connectivity index (χ3v) is 8.13. The lowest BCUT2D eigenvalue weighted by Crippen LogP contribution is -2.49. The number of hydrogen-bond acceptors (Lipinski definition) is 5. The molecule has 2 aromatic rings. The Morgan fingerprint density at radius 2 is 1.76 bits per heavy atom. The van der Waals surface area contributed by atoms with E-state index in [0.717, 1.165) is 37.7 Å². The summed E-state index contributed by atoms with van der Waals surface area (Å²) >= 11 is 0. The van der Waals surface area contributed by atoms with Crippen molar-refractivity contribution < 1.29 is 14.7 Å². The summed E-state index contributed by atoms with van der Waals surface area (Å²) in [7, 11) is 0. The number of benzene rings is 1. The van der Waals surface area contributed by atoms with Gasteiger partial charge in [0.2, 0.25) is 11.8 Å². The van der Waals surface area contributed by atoms with Crippen molar-refractivity contribution in [2.75, 3.05) is 4.90 Å². The average molecular weight is 517 g/mol. The number of nitriles is 1. The molecule has 38 heavy (non-hydrogen) atoms. The van der Waals surface area contributed by atoms with Crippen LogP contribution in [-0.2, 0) is 15.0 Å². The van der Waals surface area contributed by atoms with E-state index in [1.165, 1.54) is 6.42 Å². The molecular weight excluding hydrogens is 476 g/mol. The number of pyridine rings is 1. The van der Waals surface area contributed by atoms with Gasteiger partial charge in [0.15, 0.2) is 0 Å². The van der Waals surface area contributed by atoms with Crippen LogP contribution in [0, 0.1) is 23.2 Å². The zero-order chi connectivity index (χ0) is 27.3. The fourth-order valence-electron chi connectivity index (χ4n) is 5.96. The standard InChI is InChI=1S/C31H40N4O3/c1-31(2,3)22-14-16-24(17-15-22)35(30(38)26-13-7-12-25(26)27(36)19-32)28(21-9-8-18-33-20-21)29(37)34-23-10-5-4-6-11-23/h8-9,14-18,20,23,25-28,36H,4-7,10-13H2,1-3H3,(H,34,37). The van der Waals surface area contributed by atoms with Gasteiger partial charge < -0.3 is 10.4 Å². The predicted octanol–water partition coefficient (Wildman–Crippen LogP) is 5.20. The molecule has 2 fully saturated rings. The topological polar surface area (TPSA) is 106 Å². The summed E-state index contributed by atoms with van der Waals surface area (Å²) in [6.07, 6.45) is 9.20. The monoisotopic (exact) mass is 516 g/mol. The van der Waals surface area contributed by atoms with Crippen LogP contribution in [0.2, 0.25) is 0 Å². The molecule has 1 aromatic carbocycles. The van der Waals surface area contributed by atoms with E-state index in [9.17, 15) is 20.0 Å². The van der Waals surface area contributed by atoms with E-state index in [4.69, 9.17) is 0 Å². The lowest BCUT2D eigenvalue weighted by Gasteiger charge is -2.36. The van der Waals surface area contributed by atoms with Crippen LogP contribution in [0.1, 0.15) is 89.3 Å². The normalized spacial score (nSPS) is 21.8. The van der Waals surface area contributed by atoms with E-state index in [-0.39, 0.29) is 23.3 Å². The Morgan fingerprint density at radius 1 is 1.05 bits per heavy atom. The molecule has 0 bridgehead atoms. The van der Waals surface area contributed by atoms with Crippen LogP contribution in [0.25, 0.3) is 0 Å². The first kappa shape index (κ1) is 27.8. The predicted molar refractivity (Wildman–Crippen MR) is 147 cm³/mol. The molecular formula is C31H40N4O3. The average Bonchev–Trinajstić information content (AvgIpc) is 3.41. The number of carbonyl (C=O) groups excluding carboxylic acids is 2. The minimum Gasteiger partial charge on any atom is -0.378 e. The highest BCUT2D eigenvalue weighted by Gasteiger charge is 2.43. The minimum absolute atomic E-state index is 0.0675. The molecule has 1 aromatic heterocycles. The fraction of sp³-hybridized carbons (Fsp3) is 0.548. The fourth-order valence-corrected chi connectivity index (χ4v) is 5.96. The quantitative estimate of drug-likeness (QED) is 0.492. The summed E-state index contributed by atoms with van der Waals surface area (Å²) in [5, 5.41) is 23.1. The lowest BCUT2D eigenvalue weighted by molar-refractivity contribution is -0.130. The first-order chi connectivity index (χ1) is 18.2. The molecule has 4 atom stereocenters. The van der Waals surface area contributed by atoms with Crippen molar-refractivity contribution in [2.45, 2.75) is 95.7 Å². The van der Waals surface area contributed by atoms with Gasteiger partial charge in [-0.25, -0.2) is 0 Å². The number of rotatable bonds is 7. The van der Waals surface area contributed by atoms with Crippen LogP contribution in [0.4, 0.5) is 5.69 Å². The van der Waals surface area contributed by atoms with Crippen LogP contribution in [0.3, 0.4) is 0 Å². The van der Waals surface area contributed by atoms with E-state index in [2.05, 4.69) is 31.1 Å². The van der Waals surface area contributed by atoms with Gasteiger partial charge in [0, 0.05) is 41.5 Å². The third kappa shape index (κ3) is 6.24. The van der Waals surface area contributed by atoms with Crippen molar-refractivity contribution in [3.8, 4) is 6.07 Å². The first-order valence-electron chi connectivity index (χ1n) is 13.9. The number of nitrogens with one attached hydrogen (secondary N) is 1. The Morgan fingerprint density at radius 3 is 2.37 bits per heavy atom. The highest BCUT2D eigenvalue weighted by molar-refractivity contribution is 6.02. The summed E-state index contributed by atoms with van der Waals surface area (Å²) in [6, 6.07) is 12.5. The summed E-state index contributed by atoms with van der Waals surface area (Å²) in [5.41, 5.74) is 2.30. The molecule has 0 spiro atoms. The van der Waals surface area contributed by atoms with Gasteiger partial charge in [-0.3, -0.25) is 19.5 Å². The van der Waals surface area contributed by atoms with Crippen LogP contribution in [0.15, 0.2) is 48.8 Å². The molecule has 7 nitrogen and oxygen atoms in total. The highest BCUT2D eigenvalue weighted by atomic mass is 16.3. The number of amides is 2. The second-order valence-corrected chi connectivity index (χ2v) is 11.8. The molecule has 4 rings (SSSR count).